The normalized spacial score (nSPS) is 11.4. The maximum absolute atomic E-state index is 9.61. The summed E-state index contributed by atoms with van der Waals surface area (Å²) >= 11 is 0. The van der Waals surface area contributed by atoms with Crippen LogP contribution in [0.5, 0.6) is 17.2 Å². The molecule has 0 aliphatic heterocycles. The maximum atomic E-state index is 9.61. The number of hydrogen-bond acceptors (Lipinski definition) is 4. The quantitative estimate of drug-likeness (QED) is 0.498. The van der Waals surface area contributed by atoms with E-state index >= 15 is 0 Å². The first kappa shape index (κ1) is 16.9. The number of rotatable bonds is 7. The second-order valence-corrected chi connectivity index (χ2v) is 5.83. The molecule has 4 N–H and O–H groups in total. The van der Waals surface area contributed by atoms with E-state index in [1.807, 2.05) is 30.5 Å². The van der Waals surface area contributed by atoms with Crippen LogP contribution in [0.15, 0.2) is 48.7 Å². The summed E-state index contributed by atoms with van der Waals surface area (Å²) in [4.78, 5) is 3.22. The first-order valence-electron chi connectivity index (χ1n) is 8.20. The molecule has 5 heteroatoms. The van der Waals surface area contributed by atoms with Gasteiger partial charge in [-0.15, -0.1) is 0 Å². The molecule has 0 spiro atoms. The Labute approximate surface area is 146 Å². The smallest absolute Gasteiger partial charge is 0.161 e. The summed E-state index contributed by atoms with van der Waals surface area (Å²) in [6, 6.07) is 10.6. The maximum Gasteiger partial charge on any atom is 0.161 e. The van der Waals surface area contributed by atoms with E-state index in [0.717, 1.165) is 36.0 Å². The predicted octanol–water partition coefficient (Wildman–Crippen LogP) is 3.43. The summed E-state index contributed by atoms with van der Waals surface area (Å²) in [6.07, 6.45) is 6.89. The van der Waals surface area contributed by atoms with Crippen LogP contribution in [0.1, 0.15) is 11.1 Å². The molecule has 1 heterocycles. The number of fused-ring (bicyclic) bond motifs is 1. The fourth-order valence-corrected chi connectivity index (χ4v) is 2.77. The van der Waals surface area contributed by atoms with Crippen molar-refractivity contribution in [3.63, 3.8) is 0 Å². The van der Waals surface area contributed by atoms with Gasteiger partial charge in [0, 0.05) is 23.6 Å². The minimum Gasteiger partial charge on any atom is -0.508 e. The zero-order valence-electron chi connectivity index (χ0n) is 14.1. The summed E-state index contributed by atoms with van der Waals surface area (Å²) in [5.41, 5.74) is 3.20. The first-order chi connectivity index (χ1) is 12.2. The Balaban J connectivity index is 1.49. The molecule has 0 aliphatic carbocycles. The molecule has 0 radical (unpaired) electrons. The Morgan fingerprint density at radius 3 is 2.88 bits per heavy atom. The lowest BCUT2D eigenvalue weighted by Gasteiger charge is -2.04. The van der Waals surface area contributed by atoms with Crippen LogP contribution in [-0.4, -0.2) is 35.4 Å². The molecule has 0 saturated carbocycles. The van der Waals surface area contributed by atoms with E-state index in [0.29, 0.717) is 5.75 Å². The van der Waals surface area contributed by atoms with Crippen LogP contribution in [0, 0.1) is 0 Å². The van der Waals surface area contributed by atoms with Gasteiger partial charge >= 0.3 is 0 Å². The summed E-state index contributed by atoms with van der Waals surface area (Å²) in [7, 11) is 1.54. The highest BCUT2D eigenvalue weighted by Gasteiger charge is 2.04. The number of aromatic nitrogens is 1. The number of H-pyrrole nitrogens is 1. The zero-order chi connectivity index (χ0) is 17.6. The van der Waals surface area contributed by atoms with E-state index in [4.69, 9.17) is 4.74 Å². The van der Waals surface area contributed by atoms with Crippen LogP contribution < -0.4 is 10.1 Å². The molecule has 0 saturated heterocycles. The van der Waals surface area contributed by atoms with Gasteiger partial charge < -0.3 is 25.3 Å². The minimum atomic E-state index is 0.141. The van der Waals surface area contributed by atoms with Gasteiger partial charge in [-0.25, -0.2) is 0 Å². The number of hydrogen-bond donors (Lipinski definition) is 4. The average molecular weight is 338 g/mol. The van der Waals surface area contributed by atoms with E-state index in [9.17, 15) is 10.2 Å². The van der Waals surface area contributed by atoms with Crippen LogP contribution in [-0.2, 0) is 6.42 Å². The van der Waals surface area contributed by atoms with E-state index in [1.165, 1.54) is 12.7 Å². The predicted molar refractivity (Wildman–Crippen MR) is 100 cm³/mol. The van der Waals surface area contributed by atoms with Crippen molar-refractivity contribution in [2.24, 2.45) is 0 Å². The van der Waals surface area contributed by atoms with Crippen molar-refractivity contribution >= 4 is 17.0 Å². The van der Waals surface area contributed by atoms with Crippen LogP contribution in [0.2, 0.25) is 0 Å². The molecular formula is C20H22N2O3. The second-order valence-electron chi connectivity index (χ2n) is 5.83. The molecule has 0 atom stereocenters. The van der Waals surface area contributed by atoms with E-state index in [1.54, 1.807) is 24.3 Å². The van der Waals surface area contributed by atoms with Gasteiger partial charge in [0.2, 0.25) is 0 Å². The molecule has 3 aromatic rings. The third-order valence-electron chi connectivity index (χ3n) is 4.10. The standard InChI is InChI=1S/C20H22N2O3/c1-25-20-11-14(4-7-19(20)24)3-2-9-21-10-8-15-13-22-18-6-5-16(23)12-17(15)18/h2-7,11-13,21-24H,8-10H2,1H3. The number of nitrogens with one attached hydrogen (secondary N) is 2. The number of phenols is 2. The molecule has 0 amide bonds. The van der Waals surface area contributed by atoms with Gasteiger partial charge in [0.25, 0.3) is 0 Å². The number of ether oxygens (including phenoxy) is 1. The van der Waals surface area contributed by atoms with Crippen molar-refractivity contribution < 1.29 is 14.9 Å². The molecule has 0 fully saturated rings. The Hall–Kier alpha value is -2.92. The molecular weight excluding hydrogens is 316 g/mol. The fraction of sp³-hybridized carbons (Fsp3) is 0.200. The molecule has 25 heavy (non-hydrogen) atoms. The Morgan fingerprint density at radius 1 is 1.16 bits per heavy atom. The largest absolute Gasteiger partial charge is 0.508 e. The van der Waals surface area contributed by atoms with E-state index < -0.39 is 0 Å². The monoisotopic (exact) mass is 338 g/mol. The Bertz CT molecular complexity index is 884. The molecule has 5 nitrogen and oxygen atoms in total. The number of aromatic amines is 1. The van der Waals surface area contributed by atoms with Crippen LogP contribution in [0.4, 0.5) is 0 Å². The fourth-order valence-electron chi connectivity index (χ4n) is 2.77. The van der Waals surface area contributed by atoms with Gasteiger partial charge in [-0.3, -0.25) is 0 Å². The third-order valence-corrected chi connectivity index (χ3v) is 4.10. The second kappa shape index (κ2) is 7.77. The highest BCUT2D eigenvalue weighted by molar-refractivity contribution is 5.84. The average Bonchev–Trinajstić information content (AvgIpc) is 3.01. The van der Waals surface area contributed by atoms with E-state index in [2.05, 4.69) is 10.3 Å². The van der Waals surface area contributed by atoms with Gasteiger partial charge in [-0.2, -0.15) is 0 Å². The lowest BCUT2D eigenvalue weighted by atomic mass is 10.1. The zero-order valence-corrected chi connectivity index (χ0v) is 14.1. The van der Waals surface area contributed by atoms with E-state index in [-0.39, 0.29) is 11.5 Å². The van der Waals surface area contributed by atoms with Gasteiger partial charge in [-0.05, 0) is 54.4 Å². The number of phenolic OH excluding ortho intramolecular Hbond substituents is 2. The molecule has 2 aromatic carbocycles. The minimum absolute atomic E-state index is 0.141. The molecule has 1 aromatic heterocycles. The van der Waals surface area contributed by atoms with Gasteiger partial charge in [0.1, 0.15) is 5.75 Å². The van der Waals surface area contributed by atoms with Crippen LogP contribution in [0.25, 0.3) is 17.0 Å². The highest BCUT2D eigenvalue weighted by Crippen LogP contribution is 2.26. The number of aromatic hydroxyl groups is 2. The van der Waals surface area contributed by atoms with Crippen LogP contribution in [0.3, 0.4) is 0 Å². The van der Waals surface area contributed by atoms with Crippen molar-refractivity contribution in [1.82, 2.24) is 10.3 Å². The van der Waals surface area contributed by atoms with Gasteiger partial charge in [0.05, 0.1) is 7.11 Å². The molecule has 0 aliphatic rings. The van der Waals surface area contributed by atoms with Crippen molar-refractivity contribution in [3.05, 3.63) is 59.8 Å². The van der Waals surface area contributed by atoms with Gasteiger partial charge in [0.15, 0.2) is 11.5 Å². The van der Waals surface area contributed by atoms with Crippen molar-refractivity contribution in [2.45, 2.75) is 6.42 Å². The lowest BCUT2D eigenvalue weighted by molar-refractivity contribution is 0.373. The number of benzene rings is 2. The summed E-state index contributed by atoms with van der Waals surface area (Å²) in [5, 5.41) is 23.6. The molecule has 3 rings (SSSR count). The first-order valence-corrected chi connectivity index (χ1v) is 8.20. The summed E-state index contributed by atoms with van der Waals surface area (Å²) in [6.45, 7) is 1.59. The Kier molecular flexibility index (Phi) is 5.26. The van der Waals surface area contributed by atoms with Crippen molar-refractivity contribution in [1.29, 1.82) is 0 Å². The lowest BCUT2D eigenvalue weighted by Crippen LogP contribution is -2.16. The third kappa shape index (κ3) is 4.14. The highest BCUT2D eigenvalue weighted by atomic mass is 16.5. The summed E-state index contributed by atoms with van der Waals surface area (Å²) < 4.78 is 5.10. The SMILES string of the molecule is COc1cc(C=CCNCCc2c[nH]c3ccc(O)cc23)ccc1O. The molecule has 0 unspecified atom stereocenters. The van der Waals surface area contributed by atoms with Crippen molar-refractivity contribution in [2.75, 3.05) is 20.2 Å². The molecule has 130 valence electrons. The van der Waals surface area contributed by atoms with Crippen LogP contribution >= 0.6 is 0 Å². The number of methoxy groups -OCH3 is 1. The molecule has 0 bridgehead atoms. The topological polar surface area (TPSA) is 77.5 Å². The van der Waals surface area contributed by atoms with Gasteiger partial charge in [-0.1, -0.05) is 18.2 Å². The van der Waals surface area contributed by atoms with Crippen molar-refractivity contribution in [3.8, 4) is 17.2 Å². The Morgan fingerprint density at radius 2 is 2.04 bits per heavy atom. The summed E-state index contributed by atoms with van der Waals surface area (Å²) in [5.74, 6) is 0.897.